The number of likely N-dealkylation sites (N-methyl/N-ethyl adjacent to an activating group) is 1. The third kappa shape index (κ3) is 6.75. The Morgan fingerprint density at radius 2 is 1.89 bits per heavy atom. The van der Waals surface area contributed by atoms with Crippen LogP contribution in [0.4, 0.5) is 5.69 Å². The molecule has 1 aliphatic rings. The number of hydrogen-bond acceptors (Lipinski definition) is 7. The molecule has 2 atom stereocenters. The zero-order valence-corrected chi connectivity index (χ0v) is 21.7. The van der Waals surface area contributed by atoms with Crippen LogP contribution in [0.3, 0.4) is 0 Å². The molecule has 4 rings (SSSR count). The molecule has 2 aromatic carbocycles. The van der Waals surface area contributed by atoms with E-state index in [9.17, 15) is 9.59 Å². The summed E-state index contributed by atoms with van der Waals surface area (Å²) in [6.07, 6.45) is 4.90. The molecule has 0 radical (unpaired) electrons. The molecule has 0 spiro atoms. The summed E-state index contributed by atoms with van der Waals surface area (Å²) in [6.45, 7) is 3.24. The van der Waals surface area contributed by atoms with Gasteiger partial charge in [-0.15, -0.1) is 5.10 Å². The molecule has 1 aromatic heterocycles. The van der Waals surface area contributed by atoms with E-state index in [0.717, 1.165) is 55.7 Å². The number of aryl methyl sites for hydroxylation is 1. The third-order valence-electron chi connectivity index (χ3n) is 6.68. The lowest BCUT2D eigenvalue weighted by atomic mass is 9.91. The Bertz CT molecular complexity index is 1180. The molecule has 0 saturated heterocycles. The number of nitrogens with two attached hydrogens (primary N) is 1. The zero-order chi connectivity index (χ0) is 25.5. The van der Waals surface area contributed by atoms with Crippen molar-refractivity contribution in [1.29, 1.82) is 0 Å². The topological polar surface area (TPSA) is 113 Å². The van der Waals surface area contributed by atoms with Crippen molar-refractivity contribution in [3.63, 3.8) is 0 Å². The fraction of sp³-hybridized carbons (Fsp3) is 0.407. The van der Waals surface area contributed by atoms with E-state index in [2.05, 4.69) is 44.3 Å². The Balaban J connectivity index is 1.51. The molecule has 0 bridgehead atoms. The average Bonchev–Trinajstić information content (AvgIpc) is 3.31. The first-order chi connectivity index (χ1) is 17.4. The second kappa shape index (κ2) is 12.2. The largest absolute Gasteiger partial charge is 0.348 e. The molecule has 4 N–H and O–H groups in total. The van der Waals surface area contributed by atoms with Crippen LogP contribution >= 0.6 is 11.5 Å². The predicted molar refractivity (Wildman–Crippen MR) is 143 cm³/mol. The molecule has 1 fully saturated rings. The Labute approximate surface area is 216 Å². The van der Waals surface area contributed by atoms with Crippen LogP contribution in [0.15, 0.2) is 48.5 Å². The second-order valence-electron chi connectivity index (χ2n) is 9.52. The summed E-state index contributed by atoms with van der Waals surface area (Å²) in [5, 5.41) is 10.0. The average molecular weight is 507 g/mol. The Kier molecular flexibility index (Phi) is 8.79. The number of amides is 2. The first-order valence-electron chi connectivity index (χ1n) is 12.4. The van der Waals surface area contributed by atoms with E-state index in [0.29, 0.717) is 28.4 Å². The van der Waals surface area contributed by atoms with E-state index in [1.54, 1.807) is 13.0 Å². The normalized spacial score (nSPS) is 17.7. The fourth-order valence-corrected chi connectivity index (χ4v) is 5.07. The van der Waals surface area contributed by atoms with E-state index in [1.807, 2.05) is 30.3 Å². The van der Waals surface area contributed by atoms with Crippen molar-refractivity contribution in [2.75, 3.05) is 18.9 Å². The van der Waals surface area contributed by atoms with Crippen LogP contribution in [0, 0.1) is 6.92 Å². The van der Waals surface area contributed by atoms with Gasteiger partial charge in [0, 0.05) is 36.4 Å². The molecule has 1 heterocycles. The maximum Gasteiger partial charge on any atom is 0.269 e. The summed E-state index contributed by atoms with van der Waals surface area (Å²) in [7, 11) is 2.05. The number of rotatable bonds is 9. The van der Waals surface area contributed by atoms with Gasteiger partial charge >= 0.3 is 0 Å². The van der Waals surface area contributed by atoms with Crippen molar-refractivity contribution in [2.24, 2.45) is 5.73 Å². The molecule has 2 amide bonds. The van der Waals surface area contributed by atoms with E-state index < -0.39 is 0 Å². The van der Waals surface area contributed by atoms with E-state index >= 15 is 0 Å². The Hall–Kier alpha value is -3.14. The van der Waals surface area contributed by atoms with E-state index in [4.69, 9.17) is 5.73 Å². The van der Waals surface area contributed by atoms with Crippen molar-refractivity contribution in [3.05, 3.63) is 75.8 Å². The summed E-state index contributed by atoms with van der Waals surface area (Å²) < 4.78 is 3.87. The minimum absolute atomic E-state index is 0.0267. The minimum atomic E-state index is -0.275. The molecule has 3 aromatic rings. The number of carbonyl (C=O) groups is 2. The zero-order valence-electron chi connectivity index (χ0n) is 20.9. The van der Waals surface area contributed by atoms with Gasteiger partial charge in [-0.1, -0.05) is 53.7 Å². The molecule has 190 valence electrons. The van der Waals surface area contributed by atoms with Crippen LogP contribution in [0.25, 0.3) is 0 Å². The van der Waals surface area contributed by atoms with Gasteiger partial charge in [-0.25, -0.2) is 0 Å². The van der Waals surface area contributed by atoms with Crippen LogP contribution in [-0.2, 0) is 13.0 Å². The molecule has 2 unspecified atom stereocenters. The van der Waals surface area contributed by atoms with Crippen molar-refractivity contribution in [1.82, 2.24) is 19.8 Å². The summed E-state index contributed by atoms with van der Waals surface area (Å²) in [4.78, 5) is 28.7. The Morgan fingerprint density at radius 1 is 1.11 bits per heavy atom. The van der Waals surface area contributed by atoms with Gasteiger partial charge in [-0.2, -0.15) is 0 Å². The van der Waals surface area contributed by atoms with Gasteiger partial charge in [0.05, 0.1) is 5.69 Å². The van der Waals surface area contributed by atoms with Gasteiger partial charge in [0.15, 0.2) is 0 Å². The maximum absolute atomic E-state index is 13.1. The monoisotopic (exact) mass is 506 g/mol. The second-order valence-corrected chi connectivity index (χ2v) is 10.3. The van der Waals surface area contributed by atoms with Gasteiger partial charge in [0.2, 0.25) is 0 Å². The Morgan fingerprint density at radius 3 is 2.61 bits per heavy atom. The lowest BCUT2D eigenvalue weighted by Crippen LogP contribution is -2.49. The predicted octanol–water partition coefficient (Wildman–Crippen LogP) is 3.77. The van der Waals surface area contributed by atoms with Crippen molar-refractivity contribution >= 4 is 29.0 Å². The molecule has 0 aliphatic heterocycles. The highest BCUT2D eigenvalue weighted by molar-refractivity contribution is 7.08. The van der Waals surface area contributed by atoms with Gasteiger partial charge < -0.3 is 21.3 Å². The molecule has 8 nitrogen and oxygen atoms in total. The van der Waals surface area contributed by atoms with Gasteiger partial charge in [0.25, 0.3) is 11.8 Å². The molecule has 9 heteroatoms. The molecular formula is C27H34N6O2S. The van der Waals surface area contributed by atoms with E-state index in [1.165, 1.54) is 5.56 Å². The van der Waals surface area contributed by atoms with Crippen LogP contribution < -0.4 is 16.4 Å². The maximum atomic E-state index is 13.1. The highest BCUT2D eigenvalue weighted by Gasteiger charge is 2.24. The first-order valence-corrected chi connectivity index (χ1v) is 13.2. The number of anilines is 1. The highest BCUT2D eigenvalue weighted by atomic mass is 32.1. The number of nitrogens with one attached hydrogen (secondary N) is 2. The lowest BCUT2D eigenvalue weighted by molar-refractivity contribution is 0.0920. The van der Waals surface area contributed by atoms with Crippen molar-refractivity contribution in [2.45, 2.75) is 57.7 Å². The smallest absolute Gasteiger partial charge is 0.269 e. The lowest BCUT2D eigenvalue weighted by Gasteiger charge is -2.29. The minimum Gasteiger partial charge on any atom is -0.348 e. The number of carbonyl (C=O) groups excluding carboxylic acids is 2. The van der Waals surface area contributed by atoms with Crippen LogP contribution in [0.2, 0.25) is 0 Å². The van der Waals surface area contributed by atoms with E-state index in [-0.39, 0.29) is 23.9 Å². The quantitative estimate of drug-likeness (QED) is 0.407. The van der Waals surface area contributed by atoms with Crippen molar-refractivity contribution in [3.8, 4) is 0 Å². The van der Waals surface area contributed by atoms with Crippen LogP contribution in [-0.4, -0.2) is 52.0 Å². The number of benzene rings is 2. The summed E-state index contributed by atoms with van der Waals surface area (Å²) >= 11 is 1.06. The van der Waals surface area contributed by atoms with Crippen LogP contribution in [0.1, 0.15) is 62.5 Å². The van der Waals surface area contributed by atoms with Gasteiger partial charge in [0.1, 0.15) is 4.88 Å². The molecular weight excluding hydrogens is 472 g/mol. The SMILES string of the molecule is Cc1nnsc1C(=O)Nc1cc(C(=O)NC2CCCCC2N)ccc1CN(C)CCc1ccccc1. The van der Waals surface area contributed by atoms with Gasteiger partial charge in [-0.05, 0) is 68.0 Å². The van der Waals surface area contributed by atoms with Crippen molar-refractivity contribution < 1.29 is 9.59 Å². The number of nitrogens with zero attached hydrogens (tertiary/aromatic N) is 3. The first kappa shape index (κ1) is 25.9. The molecule has 1 aliphatic carbocycles. The van der Waals surface area contributed by atoms with Gasteiger partial charge in [-0.3, -0.25) is 9.59 Å². The molecule has 1 saturated carbocycles. The number of hydrogen-bond donors (Lipinski definition) is 3. The fourth-order valence-electron chi connectivity index (χ4n) is 4.52. The standard InChI is InChI=1S/C27H34N6O2S/c1-18-25(36-32-31-18)27(35)30-24-16-20(26(34)29-23-11-7-6-10-22(23)28)12-13-21(24)17-33(2)15-14-19-8-4-3-5-9-19/h3-5,8-9,12-13,16,22-23H,6-7,10-11,14-15,17,28H2,1-2H3,(H,29,34)(H,30,35). The summed E-state index contributed by atoms with van der Waals surface area (Å²) in [5.41, 5.74) is 10.1. The highest BCUT2D eigenvalue weighted by Crippen LogP contribution is 2.23. The summed E-state index contributed by atoms with van der Waals surface area (Å²) in [6, 6.07) is 15.8. The van der Waals surface area contributed by atoms with Crippen LogP contribution in [0.5, 0.6) is 0 Å². The third-order valence-corrected chi connectivity index (χ3v) is 7.51. The summed E-state index contributed by atoms with van der Waals surface area (Å²) in [5.74, 6) is -0.449. The molecule has 36 heavy (non-hydrogen) atoms. The number of aromatic nitrogens is 2.